The maximum Gasteiger partial charge on any atom is 0.508 e. The predicted octanol–water partition coefficient (Wildman–Crippen LogP) is 5.90. The molecule has 1 aromatic carbocycles. The van der Waals surface area contributed by atoms with Crippen molar-refractivity contribution < 1.29 is 42.9 Å². The fraction of sp³-hybridized carbons (Fsp3) is 0.677. The van der Waals surface area contributed by atoms with Crippen molar-refractivity contribution in [2.75, 3.05) is 13.7 Å². The molecule has 0 fully saturated rings. The number of carbonyl (C=O) groups is 4. The highest BCUT2D eigenvalue weighted by Gasteiger charge is 2.38. The number of nitrogens with two attached hydrogens (primary N) is 1. The van der Waals surface area contributed by atoms with Crippen LogP contribution in [0.4, 0.5) is 4.79 Å². The molecular formula is C31H49NO9. The number of carbonyl (C=O) groups excluding carboxylic acids is 4. The smallest absolute Gasteiger partial charge is 0.468 e. The SMILES string of the molecule is CCCCCOC(=O)O[C@@H](C)CC(N)(Cc1ccc(OC(=O)CC(C)(C)C)c(OC(=O)CC(C)(C)C)c1)C(=O)OC. The Balaban J connectivity index is 3.20. The quantitative estimate of drug-likeness (QED) is 0.161. The van der Waals surface area contributed by atoms with Crippen LogP contribution in [-0.2, 0) is 35.0 Å². The third kappa shape index (κ3) is 14.4. The second kappa shape index (κ2) is 15.7. The van der Waals surface area contributed by atoms with Crippen LogP contribution in [0.15, 0.2) is 18.2 Å². The molecule has 10 nitrogen and oxygen atoms in total. The van der Waals surface area contributed by atoms with Gasteiger partial charge in [-0.05, 0) is 41.9 Å². The standard InChI is InChI=1S/C31H49NO9/c1-10-11-12-15-38-28(36)39-21(2)17-31(32,27(35)37-9)18-22-13-14-23(40-25(33)19-29(3,4)5)24(16-22)41-26(34)20-30(6,7)8/h13-14,16,21H,10-12,15,17-20,32H2,1-9H3/t21-,31?/m0/s1. The molecule has 2 atom stereocenters. The van der Waals surface area contributed by atoms with Crippen molar-refractivity contribution in [2.45, 2.75) is 112 Å². The fourth-order valence-corrected chi connectivity index (χ4v) is 4.07. The second-order valence-corrected chi connectivity index (χ2v) is 13.0. The normalized spacial score (nSPS) is 13.9. The zero-order chi connectivity index (χ0) is 31.4. The van der Waals surface area contributed by atoms with Crippen molar-refractivity contribution in [1.29, 1.82) is 0 Å². The Morgan fingerprint density at radius 2 is 1.44 bits per heavy atom. The highest BCUT2D eigenvalue weighted by molar-refractivity contribution is 5.81. The van der Waals surface area contributed by atoms with Gasteiger partial charge in [0.2, 0.25) is 0 Å². The number of esters is 3. The second-order valence-electron chi connectivity index (χ2n) is 13.0. The number of hydrogen-bond acceptors (Lipinski definition) is 10. The van der Waals surface area contributed by atoms with Crippen LogP contribution < -0.4 is 15.2 Å². The first-order chi connectivity index (χ1) is 18.9. The molecule has 1 rings (SSSR count). The van der Waals surface area contributed by atoms with Crippen LogP contribution in [-0.4, -0.2) is 49.4 Å². The van der Waals surface area contributed by atoms with Gasteiger partial charge in [0.25, 0.3) is 0 Å². The summed E-state index contributed by atoms with van der Waals surface area (Å²) in [6.07, 6.45) is 1.21. The van der Waals surface area contributed by atoms with Crippen molar-refractivity contribution in [2.24, 2.45) is 16.6 Å². The van der Waals surface area contributed by atoms with Gasteiger partial charge in [-0.1, -0.05) is 67.4 Å². The van der Waals surface area contributed by atoms with E-state index in [2.05, 4.69) is 0 Å². The summed E-state index contributed by atoms with van der Waals surface area (Å²) in [5.74, 6) is -1.58. The van der Waals surface area contributed by atoms with Crippen molar-refractivity contribution in [3.05, 3.63) is 23.8 Å². The lowest BCUT2D eigenvalue weighted by atomic mass is 9.86. The van der Waals surface area contributed by atoms with E-state index in [0.717, 1.165) is 19.3 Å². The minimum absolute atomic E-state index is 0.0335. The summed E-state index contributed by atoms with van der Waals surface area (Å²) in [5, 5.41) is 0. The zero-order valence-corrected chi connectivity index (χ0v) is 26.2. The summed E-state index contributed by atoms with van der Waals surface area (Å²) >= 11 is 0. The summed E-state index contributed by atoms with van der Waals surface area (Å²) < 4.78 is 26.5. The van der Waals surface area contributed by atoms with Crippen molar-refractivity contribution >= 4 is 24.1 Å². The molecule has 2 N–H and O–H groups in total. The highest BCUT2D eigenvalue weighted by Crippen LogP contribution is 2.33. The van der Waals surface area contributed by atoms with E-state index >= 15 is 0 Å². The van der Waals surface area contributed by atoms with E-state index < -0.39 is 35.7 Å². The molecule has 41 heavy (non-hydrogen) atoms. The van der Waals surface area contributed by atoms with Crippen LogP contribution in [0.1, 0.15) is 99.5 Å². The lowest BCUT2D eigenvalue weighted by molar-refractivity contribution is -0.148. The fourth-order valence-electron chi connectivity index (χ4n) is 4.07. The van der Waals surface area contributed by atoms with E-state index in [1.165, 1.54) is 19.2 Å². The number of benzene rings is 1. The first-order valence-electron chi connectivity index (χ1n) is 14.1. The molecule has 0 bridgehead atoms. The monoisotopic (exact) mass is 579 g/mol. The summed E-state index contributed by atoms with van der Waals surface area (Å²) in [7, 11) is 1.22. The lowest BCUT2D eigenvalue weighted by Gasteiger charge is -2.29. The summed E-state index contributed by atoms with van der Waals surface area (Å²) in [5.41, 5.74) is 4.81. The van der Waals surface area contributed by atoms with Crippen LogP contribution in [0, 0.1) is 10.8 Å². The summed E-state index contributed by atoms with van der Waals surface area (Å²) in [6.45, 7) is 15.3. The van der Waals surface area contributed by atoms with Gasteiger partial charge >= 0.3 is 24.1 Å². The van der Waals surface area contributed by atoms with Gasteiger partial charge in [-0.15, -0.1) is 0 Å². The summed E-state index contributed by atoms with van der Waals surface area (Å²) in [6, 6.07) is 4.64. The predicted molar refractivity (Wildman–Crippen MR) is 155 cm³/mol. The first kappa shape index (κ1) is 35.9. The van der Waals surface area contributed by atoms with Gasteiger partial charge in [-0.3, -0.25) is 14.4 Å². The molecule has 0 heterocycles. The van der Waals surface area contributed by atoms with Crippen LogP contribution >= 0.6 is 0 Å². The van der Waals surface area contributed by atoms with Gasteiger partial charge in [0.15, 0.2) is 11.5 Å². The topological polar surface area (TPSA) is 140 Å². The van der Waals surface area contributed by atoms with Gasteiger partial charge in [0, 0.05) is 12.8 Å². The van der Waals surface area contributed by atoms with E-state index in [-0.39, 0.29) is 54.6 Å². The number of rotatable bonds is 14. The Morgan fingerprint density at radius 3 is 1.95 bits per heavy atom. The van der Waals surface area contributed by atoms with Gasteiger partial charge < -0.3 is 29.4 Å². The maximum absolute atomic E-state index is 12.8. The van der Waals surface area contributed by atoms with Gasteiger partial charge in [-0.25, -0.2) is 4.79 Å². The van der Waals surface area contributed by atoms with Gasteiger partial charge in [0.1, 0.15) is 11.6 Å². The highest BCUT2D eigenvalue weighted by atomic mass is 16.7. The molecule has 0 aliphatic carbocycles. The molecule has 0 aliphatic rings. The van der Waals surface area contributed by atoms with E-state index in [1.807, 2.05) is 48.5 Å². The van der Waals surface area contributed by atoms with E-state index in [1.54, 1.807) is 13.0 Å². The Hall–Kier alpha value is -3.14. The number of methoxy groups -OCH3 is 1. The zero-order valence-electron chi connectivity index (χ0n) is 26.2. The largest absolute Gasteiger partial charge is 0.508 e. The molecular weight excluding hydrogens is 530 g/mol. The molecule has 0 aromatic heterocycles. The molecule has 0 radical (unpaired) electrons. The number of unbranched alkanes of at least 4 members (excludes halogenated alkanes) is 2. The Morgan fingerprint density at radius 1 is 0.878 bits per heavy atom. The molecule has 1 unspecified atom stereocenters. The third-order valence-corrected chi connectivity index (χ3v) is 5.83. The third-order valence-electron chi connectivity index (χ3n) is 5.83. The van der Waals surface area contributed by atoms with Gasteiger partial charge in [0.05, 0.1) is 26.6 Å². The Bertz CT molecular complexity index is 1040. The molecule has 0 saturated heterocycles. The molecule has 0 aliphatic heterocycles. The van der Waals surface area contributed by atoms with Crippen LogP contribution in [0.3, 0.4) is 0 Å². The molecule has 0 saturated carbocycles. The Labute approximate surface area is 244 Å². The minimum Gasteiger partial charge on any atom is -0.468 e. The van der Waals surface area contributed by atoms with Crippen LogP contribution in [0.5, 0.6) is 11.5 Å². The molecule has 0 amide bonds. The van der Waals surface area contributed by atoms with E-state index in [0.29, 0.717) is 5.56 Å². The van der Waals surface area contributed by atoms with Crippen molar-refractivity contribution in [1.82, 2.24) is 0 Å². The average Bonchev–Trinajstić information content (AvgIpc) is 2.80. The molecule has 0 spiro atoms. The lowest BCUT2D eigenvalue weighted by Crippen LogP contribution is -2.53. The number of hydrogen-bond donors (Lipinski definition) is 1. The average molecular weight is 580 g/mol. The first-order valence-corrected chi connectivity index (χ1v) is 14.1. The van der Waals surface area contributed by atoms with Crippen LogP contribution in [0.2, 0.25) is 0 Å². The maximum atomic E-state index is 12.8. The molecule has 232 valence electrons. The van der Waals surface area contributed by atoms with Crippen molar-refractivity contribution in [3.63, 3.8) is 0 Å². The van der Waals surface area contributed by atoms with E-state index in [9.17, 15) is 19.2 Å². The summed E-state index contributed by atoms with van der Waals surface area (Å²) in [4.78, 5) is 50.1. The van der Waals surface area contributed by atoms with Gasteiger partial charge in [-0.2, -0.15) is 0 Å². The minimum atomic E-state index is -1.59. The molecule has 10 heteroatoms. The molecule has 1 aromatic rings. The van der Waals surface area contributed by atoms with E-state index in [4.69, 9.17) is 29.4 Å². The number of ether oxygens (including phenoxy) is 5. The van der Waals surface area contributed by atoms with Crippen molar-refractivity contribution in [3.8, 4) is 11.5 Å². The Kier molecular flexibility index (Phi) is 13.8. The van der Waals surface area contributed by atoms with Crippen LogP contribution in [0.25, 0.3) is 0 Å².